The van der Waals surface area contributed by atoms with E-state index in [0.29, 0.717) is 11.4 Å². The summed E-state index contributed by atoms with van der Waals surface area (Å²) in [5, 5.41) is 11.7. The molecular formula is C11H13N5. The van der Waals surface area contributed by atoms with E-state index in [9.17, 15) is 0 Å². The third kappa shape index (κ3) is 1.93. The molecule has 0 aliphatic rings. The summed E-state index contributed by atoms with van der Waals surface area (Å²) in [7, 11) is 0. The van der Waals surface area contributed by atoms with Gasteiger partial charge < -0.3 is 5.73 Å². The quantitative estimate of drug-likeness (QED) is 0.582. The molecule has 2 aromatic rings. The first kappa shape index (κ1) is 10.4. The van der Waals surface area contributed by atoms with E-state index >= 15 is 0 Å². The molecule has 16 heavy (non-hydrogen) atoms. The van der Waals surface area contributed by atoms with Crippen molar-refractivity contribution >= 4 is 5.84 Å². The molecule has 2 aromatic heterocycles. The summed E-state index contributed by atoms with van der Waals surface area (Å²) in [6, 6.07) is 5.43. The normalized spacial score (nSPS) is 10.4. The smallest absolute Gasteiger partial charge is 0.154 e. The van der Waals surface area contributed by atoms with Crippen molar-refractivity contribution in [1.29, 1.82) is 5.41 Å². The average molecular weight is 215 g/mol. The summed E-state index contributed by atoms with van der Waals surface area (Å²) in [6.07, 6.45) is 1.83. The standard InChI is InChI=1S/C11H13N5/c1-7-3-4-16(15-7)10-6-9(11(12)13)5-8(2)14-10/h3-6H,1-2H3,(H3,12,13). The molecule has 3 N–H and O–H groups in total. The molecule has 0 fully saturated rings. The van der Waals surface area contributed by atoms with Crippen LogP contribution in [-0.4, -0.2) is 20.6 Å². The van der Waals surface area contributed by atoms with Crippen molar-refractivity contribution in [3.05, 3.63) is 41.3 Å². The van der Waals surface area contributed by atoms with Gasteiger partial charge in [0.2, 0.25) is 0 Å². The third-order valence-corrected chi connectivity index (χ3v) is 2.21. The zero-order chi connectivity index (χ0) is 11.7. The lowest BCUT2D eigenvalue weighted by Gasteiger charge is -2.05. The fourth-order valence-electron chi connectivity index (χ4n) is 1.47. The van der Waals surface area contributed by atoms with Crippen molar-refractivity contribution in [3.8, 4) is 5.82 Å². The van der Waals surface area contributed by atoms with Gasteiger partial charge in [-0.15, -0.1) is 0 Å². The van der Waals surface area contributed by atoms with Gasteiger partial charge in [0.15, 0.2) is 5.82 Å². The molecule has 2 rings (SSSR count). The largest absolute Gasteiger partial charge is 0.384 e. The molecule has 82 valence electrons. The molecule has 5 nitrogen and oxygen atoms in total. The molecule has 2 heterocycles. The maximum absolute atomic E-state index is 7.42. The van der Waals surface area contributed by atoms with Gasteiger partial charge in [0.25, 0.3) is 0 Å². The molecule has 5 heteroatoms. The highest BCUT2D eigenvalue weighted by molar-refractivity contribution is 5.95. The van der Waals surface area contributed by atoms with Gasteiger partial charge in [-0.3, -0.25) is 5.41 Å². The highest BCUT2D eigenvalue weighted by Gasteiger charge is 2.05. The molecular weight excluding hydrogens is 202 g/mol. The van der Waals surface area contributed by atoms with Crippen molar-refractivity contribution in [2.75, 3.05) is 0 Å². The second-order valence-corrected chi connectivity index (χ2v) is 3.67. The van der Waals surface area contributed by atoms with E-state index < -0.39 is 0 Å². The first-order valence-corrected chi connectivity index (χ1v) is 4.92. The van der Waals surface area contributed by atoms with Gasteiger partial charge in [-0.25, -0.2) is 9.67 Å². The van der Waals surface area contributed by atoms with Crippen LogP contribution in [0.3, 0.4) is 0 Å². The number of nitrogen functional groups attached to an aromatic ring is 1. The Hall–Kier alpha value is -2.17. The maximum Gasteiger partial charge on any atom is 0.154 e. The summed E-state index contributed by atoms with van der Waals surface area (Å²) in [5.41, 5.74) is 7.86. The molecule has 0 atom stereocenters. The number of rotatable bonds is 2. The zero-order valence-corrected chi connectivity index (χ0v) is 9.23. The Labute approximate surface area is 93.4 Å². The van der Waals surface area contributed by atoms with Crippen molar-refractivity contribution in [3.63, 3.8) is 0 Å². The summed E-state index contributed by atoms with van der Waals surface area (Å²) >= 11 is 0. The van der Waals surface area contributed by atoms with Crippen molar-refractivity contribution in [2.45, 2.75) is 13.8 Å². The van der Waals surface area contributed by atoms with Crippen LogP contribution in [0.15, 0.2) is 24.4 Å². The number of nitrogens with zero attached hydrogens (tertiary/aromatic N) is 3. The monoisotopic (exact) mass is 215 g/mol. The second kappa shape index (κ2) is 3.77. The highest BCUT2D eigenvalue weighted by Crippen LogP contribution is 2.09. The van der Waals surface area contributed by atoms with Gasteiger partial charge in [0.05, 0.1) is 5.69 Å². The number of hydrogen-bond donors (Lipinski definition) is 2. The zero-order valence-electron chi connectivity index (χ0n) is 9.23. The number of nitrogens with two attached hydrogens (primary N) is 1. The Kier molecular flexibility index (Phi) is 2.44. The molecule has 0 spiro atoms. The number of hydrogen-bond acceptors (Lipinski definition) is 3. The van der Waals surface area contributed by atoms with Gasteiger partial charge in [0, 0.05) is 17.5 Å². The van der Waals surface area contributed by atoms with E-state index in [-0.39, 0.29) is 5.84 Å². The van der Waals surface area contributed by atoms with Crippen LogP contribution < -0.4 is 5.73 Å². The second-order valence-electron chi connectivity index (χ2n) is 3.67. The number of nitrogens with one attached hydrogen (secondary N) is 1. The lowest BCUT2D eigenvalue weighted by atomic mass is 10.2. The lowest BCUT2D eigenvalue weighted by Crippen LogP contribution is -2.13. The Bertz CT molecular complexity index is 541. The van der Waals surface area contributed by atoms with Gasteiger partial charge in [0.1, 0.15) is 5.84 Å². The number of pyridine rings is 1. The molecule has 0 saturated carbocycles. The van der Waals surface area contributed by atoms with Gasteiger partial charge >= 0.3 is 0 Å². The highest BCUT2D eigenvalue weighted by atomic mass is 15.3. The fraction of sp³-hybridized carbons (Fsp3) is 0.182. The lowest BCUT2D eigenvalue weighted by molar-refractivity contribution is 0.826. The Morgan fingerprint density at radius 2 is 2.06 bits per heavy atom. The first-order valence-electron chi connectivity index (χ1n) is 4.92. The minimum absolute atomic E-state index is 0.0376. The van der Waals surface area contributed by atoms with Crippen LogP contribution in [0.4, 0.5) is 0 Å². The van der Waals surface area contributed by atoms with E-state index in [2.05, 4.69) is 10.1 Å². The van der Waals surface area contributed by atoms with Crippen molar-refractivity contribution < 1.29 is 0 Å². The average Bonchev–Trinajstić information content (AvgIpc) is 2.64. The maximum atomic E-state index is 7.42. The van der Waals surface area contributed by atoms with Gasteiger partial charge in [-0.1, -0.05) is 0 Å². The summed E-state index contributed by atoms with van der Waals surface area (Å²) in [4.78, 5) is 4.35. The molecule has 0 aromatic carbocycles. The van der Waals surface area contributed by atoms with E-state index in [1.165, 1.54) is 0 Å². The third-order valence-electron chi connectivity index (χ3n) is 2.21. The van der Waals surface area contributed by atoms with Gasteiger partial charge in [-0.2, -0.15) is 5.10 Å². The topological polar surface area (TPSA) is 80.6 Å². The minimum atomic E-state index is 0.0376. The summed E-state index contributed by atoms with van der Waals surface area (Å²) in [5.74, 6) is 0.717. The number of aromatic nitrogens is 3. The molecule has 0 aliphatic carbocycles. The van der Waals surface area contributed by atoms with Crippen LogP contribution in [0.1, 0.15) is 17.0 Å². The van der Waals surface area contributed by atoms with E-state index in [1.807, 2.05) is 26.1 Å². The molecule has 0 radical (unpaired) electrons. The number of amidine groups is 1. The molecule has 0 bridgehead atoms. The van der Waals surface area contributed by atoms with Crippen LogP contribution in [-0.2, 0) is 0 Å². The predicted octanol–water partition coefficient (Wildman–Crippen LogP) is 1.17. The summed E-state index contributed by atoms with van der Waals surface area (Å²) in [6.45, 7) is 3.78. The van der Waals surface area contributed by atoms with E-state index in [0.717, 1.165) is 11.4 Å². The summed E-state index contributed by atoms with van der Waals surface area (Å²) < 4.78 is 1.68. The van der Waals surface area contributed by atoms with Crippen molar-refractivity contribution in [2.24, 2.45) is 5.73 Å². The van der Waals surface area contributed by atoms with Crippen LogP contribution in [0.25, 0.3) is 5.82 Å². The molecule has 0 saturated heterocycles. The Morgan fingerprint density at radius 3 is 2.62 bits per heavy atom. The fourth-order valence-corrected chi connectivity index (χ4v) is 1.47. The SMILES string of the molecule is Cc1cc(C(=N)N)cc(-n2ccc(C)n2)n1. The minimum Gasteiger partial charge on any atom is -0.384 e. The van der Waals surface area contributed by atoms with E-state index in [4.69, 9.17) is 11.1 Å². The number of aryl methyl sites for hydroxylation is 2. The molecule has 0 unspecified atom stereocenters. The Morgan fingerprint density at radius 1 is 1.31 bits per heavy atom. The van der Waals surface area contributed by atoms with Crippen molar-refractivity contribution in [1.82, 2.24) is 14.8 Å². The molecule has 0 amide bonds. The van der Waals surface area contributed by atoms with Gasteiger partial charge in [-0.05, 0) is 32.0 Å². The van der Waals surface area contributed by atoms with E-state index in [1.54, 1.807) is 16.8 Å². The van der Waals surface area contributed by atoms with Crippen LogP contribution >= 0.6 is 0 Å². The molecule has 0 aliphatic heterocycles. The Balaban J connectivity index is 2.53. The van der Waals surface area contributed by atoms with Crippen LogP contribution in [0.5, 0.6) is 0 Å². The predicted molar refractivity (Wildman–Crippen MR) is 61.8 cm³/mol. The van der Waals surface area contributed by atoms with Crippen LogP contribution in [0.2, 0.25) is 0 Å². The van der Waals surface area contributed by atoms with Crippen LogP contribution in [0, 0.1) is 19.3 Å². The first-order chi connectivity index (χ1) is 7.56.